The standard InChI is InChI=1S/C24H27N3O3/c1-17-11-13-20(14-12-17)26-22(28)16-27(3)24(29)18(2)25-23(21-10-7-15-30-21)19-8-5-4-6-9-19/h4-15,18,23,25H,16H2,1-3H3,(H,26,28)/p+1/t18-,23-/m0/s1. The van der Waals surface area contributed by atoms with Crippen LogP contribution in [0, 0.1) is 6.92 Å². The van der Waals surface area contributed by atoms with Crippen molar-refractivity contribution in [2.75, 3.05) is 18.9 Å². The lowest BCUT2D eigenvalue weighted by atomic mass is 10.0. The summed E-state index contributed by atoms with van der Waals surface area (Å²) in [6.07, 6.45) is 1.63. The van der Waals surface area contributed by atoms with Crippen LogP contribution in [-0.4, -0.2) is 36.3 Å². The molecule has 156 valence electrons. The van der Waals surface area contributed by atoms with Gasteiger partial charge >= 0.3 is 0 Å². The van der Waals surface area contributed by atoms with E-state index in [0.717, 1.165) is 16.9 Å². The van der Waals surface area contributed by atoms with E-state index in [2.05, 4.69) is 5.32 Å². The minimum atomic E-state index is -0.391. The molecule has 3 rings (SSSR count). The number of nitrogens with one attached hydrogen (secondary N) is 1. The smallest absolute Gasteiger partial charge is 0.280 e. The third kappa shape index (κ3) is 5.58. The van der Waals surface area contributed by atoms with Crippen LogP contribution in [0.5, 0.6) is 0 Å². The zero-order chi connectivity index (χ0) is 21.5. The number of hydrogen-bond donors (Lipinski definition) is 2. The second-order valence-electron chi connectivity index (χ2n) is 7.49. The Hall–Kier alpha value is -3.38. The van der Waals surface area contributed by atoms with Crippen LogP contribution in [0.3, 0.4) is 0 Å². The molecule has 1 heterocycles. The zero-order valence-corrected chi connectivity index (χ0v) is 17.5. The maximum absolute atomic E-state index is 12.9. The second kappa shape index (κ2) is 9.89. The summed E-state index contributed by atoms with van der Waals surface area (Å²) in [5.41, 5.74) is 2.88. The monoisotopic (exact) mass is 406 g/mol. The first-order chi connectivity index (χ1) is 14.4. The molecule has 0 radical (unpaired) electrons. The van der Waals surface area contributed by atoms with Gasteiger partial charge in [-0.05, 0) is 38.1 Å². The van der Waals surface area contributed by atoms with E-state index in [0.29, 0.717) is 5.69 Å². The molecule has 0 aliphatic carbocycles. The van der Waals surface area contributed by atoms with Gasteiger partial charge in [0, 0.05) is 18.3 Å². The molecule has 2 amide bonds. The normalized spacial score (nSPS) is 12.8. The first-order valence-electron chi connectivity index (χ1n) is 9.99. The van der Waals surface area contributed by atoms with Crippen LogP contribution in [0.1, 0.15) is 29.9 Å². The van der Waals surface area contributed by atoms with E-state index in [1.54, 1.807) is 13.3 Å². The number of benzene rings is 2. The lowest BCUT2D eigenvalue weighted by molar-refractivity contribution is -0.707. The first kappa shape index (κ1) is 21.3. The Kier molecular flexibility index (Phi) is 7.03. The van der Waals surface area contributed by atoms with E-state index in [1.165, 1.54) is 4.90 Å². The minimum Gasteiger partial charge on any atom is -0.463 e. The van der Waals surface area contributed by atoms with Crippen LogP contribution in [0.2, 0.25) is 0 Å². The number of carbonyl (C=O) groups is 2. The lowest BCUT2D eigenvalue weighted by Gasteiger charge is -2.23. The molecule has 1 aromatic heterocycles. The molecule has 0 bridgehead atoms. The Morgan fingerprint density at radius 1 is 1.03 bits per heavy atom. The van der Waals surface area contributed by atoms with Crippen molar-refractivity contribution in [1.82, 2.24) is 4.90 Å². The van der Waals surface area contributed by atoms with Crippen molar-refractivity contribution < 1.29 is 19.3 Å². The SMILES string of the molecule is Cc1ccc(NC(=O)CN(C)C(=O)[C@H](C)[NH2+][C@@H](c2ccccc2)c2ccco2)cc1. The predicted octanol–water partition coefficient (Wildman–Crippen LogP) is 2.73. The van der Waals surface area contributed by atoms with Crippen molar-refractivity contribution in [3.63, 3.8) is 0 Å². The second-order valence-corrected chi connectivity index (χ2v) is 7.49. The molecule has 0 fully saturated rings. The fraction of sp³-hybridized carbons (Fsp3) is 0.250. The molecular formula is C24H28N3O3+. The highest BCUT2D eigenvalue weighted by atomic mass is 16.3. The van der Waals surface area contributed by atoms with Gasteiger partial charge in [0.1, 0.15) is 0 Å². The predicted molar refractivity (Wildman–Crippen MR) is 116 cm³/mol. The van der Waals surface area contributed by atoms with Crippen molar-refractivity contribution in [2.24, 2.45) is 0 Å². The van der Waals surface area contributed by atoms with Crippen LogP contribution in [0.15, 0.2) is 77.4 Å². The average molecular weight is 407 g/mol. The molecule has 6 nitrogen and oxygen atoms in total. The molecule has 0 saturated carbocycles. The third-order valence-electron chi connectivity index (χ3n) is 4.97. The van der Waals surface area contributed by atoms with Crippen LogP contribution in [0.25, 0.3) is 0 Å². The Morgan fingerprint density at radius 3 is 2.37 bits per heavy atom. The highest BCUT2D eigenvalue weighted by Gasteiger charge is 2.29. The van der Waals surface area contributed by atoms with E-state index in [4.69, 9.17) is 4.42 Å². The number of likely N-dealkylation sites (N-methyl/N-ethyl adjacent to an activating group) is 1. The zero-order valence-electron chi connectivity index (χ0n) is 17.5. The van der Waals surface area contributed by atoms with E-state index in [-0.39, 0.29) is 24.4 Å². The van der Waals surface area contributed by atoms with Crippen molar-refractivity contribution in [3.8, 4) is 0 Å². The van der Waals surface area contributed by atoms with E-state index < -0.39 is 6.04 Å². The molecule has 30 heavy (non-hydrogen) atoms. The molecule has 0 aliphatic heterocycles. The van der Waals surface area contributed by atoms with Gasteiger partial charge in [-0.3, -0.25) is 9.59 Å². The summed E-state index contributed by atoms with van der Waals surface area (Å²) in [5.74, 6) is 0.426. The van der Waals surface area contributed by atoms with Gasteiger partial charge in [-0.15, -0.1) is 0 Å². The first-order valence-corrected chi connectivity index (χ1v) is 9.99. The molecule has 3 aromatic rings. The average Bonchev–Trinajstić information content (AvgIpc) is 3.28. The van der Waals surface area contributed by atoms with Crippen molar-refractivity contribution in [1.29, 1.82) is 0 Å². The molecule has 3 N–H and O–H groups in total. The van der Waals surface area contributed by atoms with E-state index in [1.807, 2.05) is 85.9 Å². The number of aryl methyl sites for hydroxylation is 1. The summed E-state index contributed by atoms with van der Waals surface area (Å²) >= 11 is 0. The summed E-state index contributed by atoms with van der Waals surface area (Å²) in [7, 11) is 1.64. The maximum atomic E-state index is 12.9. The van der Waals surface area contributed by atoms with Crippen LogP contribution < -0.4 is 10.6 Å². The lowest BCUT2D eigenvalue weighted by Crippen LogP contribution is -2.92. The fourth-order valence-electron chi connectivity index (χ4n) is 3.35. The molecule has 2 aromatic carbocycles. The largest absolute Gasteiger partial charge is 0.463 e. The summed E-state index contributed by atoms with van der Waals surface area (Å²) in [6, 6.07) is 20.7. The van der Waals surface area contributed by atoms with Gasteiger partial charge in [0.05, 0.1) is 12.8 Å². The number of rotatable bonds is 8. The third-order valence-corrected chi connectivity index (χ3v) is 4.97. The number of quaternary nitrogens is 1. The minimum absolute atomic E-state index is 0.0123. The summed E-state index contributed by atoms with van der Waals surface area (Å²) in [4.78, 5) is 26.7. The highest BCUT2D eigenvalue weighted by Crippen LogP contribution is 2.18. The van der Waals surface area contributed by atoms with Gasteiger partial charge in [0.2, 0.25) is 5.91 Å². The number of amides is 2. The molecule has 6 heteroatoms. The maximum Gasteiger partial charge on any atom is 0.280 e. The highest BCUT2D eigenvalue weighted by molar-refractivity contribution is 5.94. The van der Waals surface area contributed by atoms with Gasteiger partial charge in [-0.2, -0.15) is 0 Å². The van der Waals surface area contributed by atoms with Crippen LogP contribution >= 0.6 is 0 Å². The molecule has 0 aliphatic rings. The van der Waals surface area contributed by atoms with E-state index in [9.17, 15) is 9.59 Å². The fourth-order valence-corrected chi connectivity index (χ4v) is 3.35. The Balaban J connectivity index is 1.61. The molecular weight excluding hydrogens is 378 g/mol. The quantitative estimate of drug-likeness (QED) is 0.604. The molecule has 0 unspecified atom stereocenters. The summed E-state index contributed by atoms with van der Waals surface area (Å²) in [5, 5.41) is 4.79. The van der Waals surface area contributed by atoms with Gasteiger partial charge in [-0.25, -0.2) is 0 Å². The van der Waals surface area contributed by atoms with Crippen molar-refractivity contribution in [3.05, 3.63) is 89.9 Å². The van der Waals surface area contributed by atoms with Crippen molar-refractivity contribution in [2.45, 2.75) is 25.9 Å². The summed E-state index contributed by atoms with van der Waals surface area (Å²) < 4.78 is 5.61. The van der Waals surface area contributed by atoms with Gasteiger partial charge in [0.15, 0.2) is 17.8 Å². The Labute approximate surface area is 176 Å². The molecule has 0 saturated heterocycles. The molecule has 2 atom stereocenters. The van der Waals surface area contributed by atoms with Crippen LogP contribution in [-0.2, 0) is 9.59 Å². The molecule has 0 spiro atoms. The van der Waals surface area contributed by atoms with Gasteiger partial charge < -0.3 is 20.0 Å². The summed E-state index contributed by atoms with van der Waals surface area (Å²) in [6.45, 7) is 3.82. The number of hydrogen-bond acceptors (Lipinski definition) is 3. The topological polar surface area (TPSA) is 79.2 Å². The number of nitrogens with zero attached hydrogens (tertiary/aromatic N) is 1. The van der Waals surface area contributed by atoms with Gasteiger partial charge in [-0.1, -0.05) is 48.0 Å². The Morgan fingerprint density at radius 2 is 1.73 bits per heavy atom. The number of carbonyl (C=O) groups excluding carboxylic acids is 2. The van der Waals surface area contributed by atoms with Gasteiger partial charge in [0.25, 0.3) is 5.91 Å². The van der Waals surface area contributed by atoms with E-state index >= 15 is 0 Å². The van der Waals surface area contributed by atoms with Crippen molar-refractivity contribution >= 4 is 17.5 Å². The number of anilines is 1. The number of nitrogens with two attached hydrogens (primary N) is 1. The number of furan rings is 1. The Bertz CT molecular complexity index is 953. The van der Waals surface area contributed by atoms with Crippen LogP contribution in [0.4, 0.5) is 5.69 Å².